The van der Waals surface area contributed by atoms with Crippen molar-refractivity contribution in [1.29, 1.82) is 0 Å². The normalized spacial score (nSPS) is 20.6. The lowest BCUT2D eigenvalue weighted by Crippen LogP contribution is -2.54. The van der Waals surface area contributed by atoms with Crippen molar-refractivity contribution in [3.8, 4) is 0 Å². The van der Waals surface area contributed by atoms with Crippen LogP contribution in [0.25, 0.3) is 0 Å². The summed E-state index contributed by atoms with van der Waals surface area (Å²) in [5, 5.41) is 0. The van der Waals surface area contributed by atoms with Gasteiger partial charge in [-0.2, -0.15) is 8.61 Å². The maximum atomic E-state index is 14.9. The summed E-state index contributed by atoms with van der Waals surface area (Å²) < 4.78 is 68.5. The lowest BCUT2D eigenvalue weighted by molar-refractivity contribution is 0.118. The molecule has 0 spiro atoms. The second-order valence-corrected chi connectivity index (χ2v) is 16.8. The van der Waals surface area contributed by atoms with Crippen molar-refractivity contribution in [2.75, 3.05) is 13.2 Å². The first-order chi connectivity index (χ1) is 23.5. The van der Waals surface area contributed by atoms with Gasteiger partial charge in [0.05, 0.1) is 40.3 Å². The molecule has 4 aromatic rings. The summed E-state index contributed by atoms with van der Waals surface area (Å²) in [6.07, 6.45) is 2.25. The Morgan fingerprint density at radius 1 is 0.612 bits per heavy atom. The van der Waals surface area contributed by atoms with E-state index in [0.29, 0.717) is 24.4 Å². The molecule has 1 saturated heterocycles. The van der Waals surface area contributed by atoms with E-state index in [1.54, 1.807) is 45.0 Å². The van der Waals surface area contributed by atoms with Crippen LogP contribution in [0.3, 0.4) is 0 Å². The molecule has 2 aliphatic heterocycles. The minimum absolute atomic E-state index is 0.0117. The topological polar surface area (TPSA) is 84.0 Å². The third-order valence-electron chi connectivity index (χ3n) is 9.96. The van der Waals surface area contributed by atoms with Gasteiger partial charge >= 0.3 is 0 Å². The van der Waals surface area contributed by atoms with E-state index in [1.807, 2.05) is 69.3 Å². The first kappa shape index (κ1) is 35.1. The van der Waals surface area contributed by atoms with Crippen molar-refractivity contribution in [2.45, 2.75) is 88.2 Å². The highest BCUT2D eigenvalue weighted by atomic mass is 32.2. The molecule has 0 aliphatic carbocycles. The molecule has 7 nitrogen and oxygen atoms in total. The molecule has 4 aromatic carbocycles. The van der Waals surface area contributed by atoms with E-state index in [2.05, 4.69) is 26.0 Å². The Bertz CT molecular complexity index is 2020. The molecule has 2 aliphatic rings. The zero-order valence-electron chi connectivity index (χ0n) is 29.0. The Morgan fingerprint density at radius 3 is 1.55 bits per heavy atom. The van der Waals surface area contributed by atoms with E-state index in [-0.39, 0.29) is 22.8 Å². The molecule has 0 unspecified atom stereocenters. The molecular formula is C40H46N2O5S2. The van der Waals surface area contributed by atoms with E-state index in [4.69, 9.17) is 4.74 Å². The predicted octanol–water partition coefficient (Wildman–Crippen LogP) is 8.06. The van der Waals surface area contributed by atoms with E-state index >= 15 is 0 Å². The van der Waals surface area contributed by atoms with Crippen LogP contribution < -0.4 is 0 Å². The number of rotatable bonds is 10. The van der Waals surface area contributed by atoms with Crippen molar-refractivity contribution in [2.24, 2.45) is 0 Å². The van der Waals surface area contributed by atoms with E-state index < -0.39 is 38.2 Å². The highest BCUT2D eigenvalue weighted by molar-refractivity contribution is 7.89. The van der Waals surface area contributed by atoms with Gasteiger partial charge < -0.3 is 4.74 Å². The minimum Gasteiger partial charge on any atom is -0.498 e. The fourth-order valence-corrected chi connectivity index (χ4v) is 10.5. The van der Waals surface area contributed by atoms with Crippen LogP contribution >= 0.6 is 0 Å². The third kappa shape index (κ3) is 6.86. The molecule has 9 heteroatoms. The average molecular weight is 699 g/mol. The summed E-state index contributed by atoms with van der Waals surface area (Å²) >= 11 is 0. The number of piperidine rings is 1. The standard InChI is InChI=1S/C40H46N2O5S2/c1-6-30-13-17-32(18-14-30)37-25-39-36(27-41(37)48(43,44)34-21-9-28(4)10-22-34)40(47-8-3)26-38(33-19-15-31(7-2)16-20-33)42(39)49(45,46)35-23-11-29(5)12-24-35/h9-24,37-39H,6-8,25-27H2,1-5H3/t37-,38-,39-/m0/s1. The summed E-state index contributed by atoms with van der Waals surface area (Å²) in [5.74, 6) is 0.663. The van der Waals surface area contributed by atoms with Gasteiger partial charge in [-0.3, -0.25) is 0 Å². The Labute approximate surface area is 292 Å². The van der Waals surface area contributed by atoms with Gasteiger partial charge in [0.1, 0.15) is 0 Å². The maximum Gasteiger partial charge on any atom is 0.244 e. The van der Waals surface area contributed by atoms with Crippen LogP contribution in [-0.4, -0.2) is 44.6 Å². The van der Waals surface area contributed by atoms with Gasteiger partial charge in [0.15, 0.2) is 0 Å². The number of benzene rings is 4. The van der Waals surface area contributed by atoms with Crippen LogP contribution in [0.1, 0.15) is 79.1 Å². The van der Waals surface area contributed by atoms with Crippen molar-refractivity contribution in [3.05, 3.63) is 142 Å². The summed E-state index contributed by atoms with van der Waals surface area (Å²) in [6.45, 7) is 10.3. The Kier molecular flexibility index (Phi) is 10.2. The Morgan fingerprint density at radius 2 is 1.08 bits per heavy atom. The third-order valence-corrected chi connectivity index (χ3v) is 13.8. The van der Waals surface area contributed by atoms with Gasteiger partial charge in [0.2, 0.25) is 20.0 Å². The average Bonchev–Trinajstić information content (AvgIpc) is 3.11. The first-order valence-corrected chi connectivity index (χ1v) is 20.1. The smallest absolute Gasteiger partial charge is 0.244 e. The number of nitrogens with zero attached hydrogens (tertiary/aromatic N) is 2. The van der Waals surface area contributed by atoms with Crippen LogP contribution in [0.2, 0.25) is 0 Å². The molecule has 0 radical (unpaired) electrons. The highest BCUT2D eigenvalue weighted by Gasteiger charge is 2.51. The van der Waals surface area contributed by atoms with Crippen molar-refractivity contribution >= 4 is 20.0 Å². The van der Waals surface area contributed by atoms with Gasteiger partial charge in [-0.1, -0.05) is 97.8 Å². The summed E-state index contributed by atoms with van der Waals surface area (Å²) in [5.41, 5.74) is 6.63. The molecule has 2 heterocycles. The number of fused-ring (bicyclic) bond motifs is 1. The fourth-order valence-electron chi connectivity index (χ4n) is 7.11. The molecular weight excluding hydrogens is 653 g/mol. The SMILES string of the molecule is CCOC1=C2CN(S(=O)(=O)c3ccc(C)cc3)[C@H](c3ccc(CC)cc3)C[C@@H]2N(S(=O)(=O)c2ccc(C)cc2)[C@H](c2ccc(CC)cc2)C1. The predicted molar refractivity (Wildman–Crippen MR) is 194 cm³/mol. The van der Waals surface area contributed by atoms with Crippen molar-refractivity contribution < 1.29 is 21.6 Å². The minimum atomic E-state index is -4.05. The molecule has 49 heavy (non-hydrogen) atoms. The lowest BCUT2D eigenvalue weighted by atomic mass is 9.84. The highest BCUT2D eigenvalue weighted by Crippen LogP contribution is 2.49. The molecule has 0 N–H and O–H groups in total. The fraction of sp³-hybridized carbons (Fsp3) is 0.350. The van der Waals surface area contributed by atoms with E-state index in [0.717, 1.165) is 40.7 Å². The molecule has 0 saturated carbocycles. The summed E-state index contributed by atoms with van der Waals surface area (Å²) in [4.78, 5) is 0.421. The lowest BCUT2D eigenvalue weighted by Gasteiger charge is -2.49. The van der Waals surface area contributed by atoms with Gasteiger partial charge in [-0.25, -0.2) is 16.8 Å². The van der Waals surface area contributed by atoms with Gasteiger partial charge in [0.25, 0.3) is 0 Å². The second kappa shape index (κ2) is 14.2. The molecule has 258 valence electrons. The van der Waals surface area contributed by atoms with E-state index in [9.17, 15) is 16.8 Å². The molecule has 1 fully saturated rings. The maximum absolute atomic E-state index is 14.9. The number of hydrogen-bond donors (Lipinski definition) is 0. The van der Waals surface area contributed by atoms with Gasteiger partial charge in [0, 0.05) is 18.5 Å². The first-order valence-electron chi connectivity index (χ1n) is 17.2. The van der Waals surface area contributed by atoms with Crippen molar-refractivity contribution in [1.82, 2.24) is 8.61 Å². The molecule has 0 bridgehead atoms. The summed E-state index contributed by atoms with van der Waals surface area (Å²) in [7, 11) is -8.04. The zero-order valence-corrected chi connectivity index (χ0v) is 30.6. The number of aryl methyl sites for hydroxylation is 4. The number of ether oxygens (including phenoxy) is 1. The van der Waals surface area contributed by atoms with Crippen LogP contribution in [0, 0.1) is 13.8 Å². The number of hydrogen-bond acceptors (Lipinski definition) is 5. The van der Waals surface area contributed by atoms with Crippen LogP contribution in [-0.2, 0) is 37.6 Å². The zero-order chi connectivity index (χ0) is 34.9. The van der Waals surface area contributed by atoms with Crippen LogP contribution in [0.4, 0.5) is 0 Å². The monoisotopic (exact) mass is 698 g/mol. The van der Waals surface area contributed by atoms with E-state index in [1.165, 1.54) is 5.56 Å². The second-order valence-electron chi connectivity index (χ2n) is 13.1. The molecule has 3 atom stereocenters. The Balaban J connectivity index is 1.56. The van der Waals surface area contributed by atoms with Crippen LogP contribution in [0.5, 0.6) is 0 Å². The van der Waals surface area contributed by atoms with Gasteiger partial charge in [-0.05, 0) is 86.6 Å². The summed E-state index contributed by atoms with van der Waals surface area (Å²) in [6, 6.07) is 28.3. The van der Waals surface area contributed by atoms with Crippen LogP contribution in [0.15, 0.2) is 118 Å². The molecule has 0 aromatic heterocycles. The van der Waals surface area contributed by atoms with Crippen molar-refractivity contribution in [3.63, 3.8) is 0 Å². The number of sulfonamides is 2. The largest absolute Gasteiger partial charge is 0.498 e. The molecule has 6 rings (SSSR count). The molecule has 0 amide bonds. The quantitative estimate of drug-likeness (QED) is 0.167. The van der Waals surface area contributed by atoms with Gasteiger partial charge in [-0.15, -0.1) is 0 Å². The Hall–Kier alpha value is -3.76.